The molecule has 0 saturated carbocycles. The van der Waals surface area contributed by atoms with Gasteiger partial charge in [-0.25, -0.2) is 9.48 Å². The Balaban J connectivity index is 1.46. The Morgan fingerprint density at radius 1 is 0.946 bits per heavy atom. The van der Waals surface area contributed by atoms with Crippen molar-refractivity contribution >= 4 is 23.2 Å². The van der Waals surface area contributed by atoms with Crippen LogP contribution in [-0.4, -0.2) is 41.1 Å². The predicted octanol–water partition coefficient (Wildman–Crippen LogP) is 6.06. The van der Waals surface area contributed by atoms with Crippen molar-refractivity contribution in [3.05, 3.63) is 84.8 Å². The average molecular weight is 501 g/mol. The van der Waals surface area contributed by atoms with Gasteiger partial charge in [-0.05, 0) is 60.7 Å². The lowest BCUT2D eigenvalue weighted by atomic mass is 9.92. The highest BCUT2D eigenvalue weighted by Gasteiger charge is 2.21. The summed E-state index contributed by atoms with van der Waals surface area (Å²) in [5.74, 6) is 1.86. The van der Waals surface area contributed by atoms with E-state index in [1.165, 1.54) is 0 Å². The van der Waals surface area contributed by atoms with Gasteiger partial charge in [-0.15, -0.1) is 0 Å². The van der Waals surface area contributed by atoms with Crippen LogP contribution in [0.5, 0.6) is 11.5 Å². The minimum absolute atomic E-state index is 0.191. The third kappa shape index (κ3) is 7.08. The summed E-state index contributed by atoms with van der Waals surface area (Å²) in [5.41, 5.74) is 3.11. The average Bonchev–Trinajstić information content (AvgIpc) is 3.31. The van der Waals surface area contributed by atoms with E-state index in [1.807, 2.05) is 36.4 Å². The summed E-state index contributed by atoms with van der Waals surface area (Å²) in [5, 5.41) is 13.9. The normalized spacial score (nSPS) is 11.1. The lowest BCUT2D eigenvalue weighted by Gasteiger charge is -2.14. The van der Waals surface area contributed by atoms with E-state index < -0.39 is 0 Å². The highest BCUT2D eigenvalue weighted by Crippen LogP contribution is 2.27. The second-order valence-corrected chi connectivity index (χ2v) is 9.44. The zero-order valence-electron chi connectivity index (χ0n) is 21.5. The number of carbonyl (C=O) groups excluding carboxylic acids is 1. The van der Waals surface area contributed by atoms with Crippen molar-refractivity contribution in [2.75, 3.05) is 36.2 Å². The lowest BCUT2D eigenvalue weighted by molar-refractivity contribution is 0.211. The number of nitrogens with zero attached hydrogens (tertiary/aromatic N) is 3. The van der Waals surface area contributed by atoms with E-state index in [-0.39, 0.29) is 11.4 Å². The summed E-state index contributed by atoms with van der Waals surface area (Å²) >= 11 is 0. The Hall–Kier alpha value is -4.37. The smallest absolute Gasteiger partial charge is 0.324 e. The Labute approximate surface area is 216 Å². The van der Waals surface area contributed by atoms with Gasteiger partial charge >= 0.3 is 6.03 Å². The topological polar surface area (TPSA) is 102 Å². The van der Waals surface area contributed by atoms with E-state index >= 15 is 0 Å². The lowest BCUT2D eigenvalue weighted by Crippen LogP contribution is -2.21. The van der Waals surface area contributed by atoms with E-state index in [4.69, 9.17) is 14.6 Å². The maximum Gasteiger partial charge on any atom is 0.324 e. The van der Waals surface area contributed by atoms with Crippen molar-refractivity contribution in [3.8, 4) is 17.2 Å². The van der Waals surface area contributed by atoms with Crippen LogP contribution in [-0.2, 0) is 10.2 Å². The summed E-state index contributed by atoms with van der Waals surface area (Å²) in [6, 6.07) is 20.1. The maximum atomic E-state index is 12.9. The molecular formula is C28H32N6O3. The zero-order valence-corrected chi connectivity index (χ0v) is 21.5. The van der Waals surface area contributed by atoms with Gasteiger partial charge in [0.1, 0.15) is 17.3 Å². The fraction of sp³-hybridized carbons (Fsp3) is 0.250. The Bertz CT molecular complexity index is 1300. The van der Waals surface area contributed by atoms with E-state index in [2.05, 4.69) is 41.7 Å². The highest BCUT2D eigenvalue weighted by molar-refractivity contribution is 5.99. The summed E-state index contributed by atoms with van der Waals surface area (Å²) in [6.07, 6.45) is 3.33. The Kier molecular flexibility index (Phi) is 8.05. The van der Waals surface area contributed by atoms with Crippen molar-refractivity contribution < 1.29 is 14.3 Å². The molecule has 4 aromatic rings. The number of aromatic nitrogens is 3. The molecule has 0 aliphatic carbocycles. The summed E-state index contributed by atoms with van der Waals surface area (Å²) < 4.78 is 12.6. The number of hydrogen-bond donors (Lipinski definition) is 3. The quantitative estimate of drug-likeness (QED) is 0.242. The molecule has 0 atom stereocenters. The molecule has 2 aromatic heterocycles. The van der Waals surface area contributed by atoms with Crippen LogP contribution in [0, 0.1) is 0 Å². The molecule has 0 bridgehead atoms. The standard InChI is InChI=1S/C28H32N6O3/c1-28(2,3)25-18-26(34(33-25)22-11-7-20(8-12-22)30-16-17-36-4)32-27(35)31-21-9-13-23(14-10-21)37-24-6-5-15-29-19-24/h5-15,18-19,30H,16-17H2,1-4H3,(H2,31,32,35). The second-order valence-electron chi connectivity index (χ2n) is 9.44. The van der Waals surface area contributed by atoms with Crippen molar-refractivity contribution in [3.63, 3.8) is 0 Å². The largest absolute Gasteiger partial charge is 0.456 e. The molecule has 0 fully saturated rings. The molecule has 0 radical (unpaired) electrons. The van der Waals surface area contributed by atoms with Crippen LogP contribution in [0.4, 0.5) is 22.0 Å². The number of amides is 2. The van der Waals surface area contributed by atoms with Gasteiger partial charge in [-0.2, -0.15) is 5.10 Å². The van der Waals surface area contributed by atoms with Crippen LogP contribution >= 0.6 is 0 Å². The molecule has 0 unspecified atom stereocenters. The summed E-state index contributed by atoms with van der Waals surface area (Å²) in [7, 11) is 1.67. The van der Waals surface area contributed by atoms with E-state index in [9.17, 15) is 4.79 Å². The first-order chi connectivity index (χ1) is 17.8. The number of anilines is 3. The molecule has 0 saturated heterocycles. The van der Waals surface area contributed by atoms with Gasteiger partial charge in [0.15, 0.2) is 0 Å². The maximum absolute atomic E-state index is 12.9. The van der Waals surface area contributed by atoms with Gasteiger partial charge in [0.05, 0.1) is 24.2 Å². The van der Waals surface area contributed by atoms with Crippen LogP contribution in [0.2, 0.25) is 0 Å². The molecule has 9 nitrogen and oxygen atoms in total. The van der Waals surface area contributed by atoms with E-state index in [0.29, 0.717) is 29.6 Å². The van der Waals surface area contributed by atoms with Gasteiger partial charge in [-0.3, -0.25) is 10.3 Å². The van der Waals surface area contributed by atoms with E-state index in [1.54, 1.807) is 54.5 Å². The van der Waals surface area contributed by atoms with Crippen LogP contribution in [0.3, 0.4) is 0 Å². The SMILES string of the molecule is COCCNc1ccc(-n2nc(C(C)(C)C)cc2NC(=O)Nc2ccc(Oc3cccnc3)cc2)cc1. The first kappa shape index (κ1) is 25.7. The molecule has 37 heavy (non-hydrogen) atoms. The minimum atomic E-state index is -0.375. The monoisotopic (exact) mass is 500 g/mol. The van der Waals surface area contributed by atoms with Crippen molar-refractivity contribution in [2.45, 2.75) is 26.2 Å². The molecule has 3 N–H and O–H groups in total. The highest BCUT2D eigenvalue weighted by atomic mass is 16.5. The van der Waals surface area contributed by atoms with Crippen molar-refractivity contribution in [1.29, 1.82) is 0 Å². The number of nitrogens with one attached hydrogen (secondary N) is 3. The second kappa shape index (κ2) is 11.6. The number of urea groups is 1. The molecule has 0 spiro atoms. The van der Waals surface area contributed by atoms with Crippen molar-refractivity contribution in [2.24, 2.45) is 0 Å². The van der Waals surface area contributed by atoms with Gasteiger partial charge in [-0.1, -0.05) is 20.8 Å². The molecule has 2 heterocycles. The number of hydrogen-bond acceptors (Lipinski definition) is 6. The summed E-state index contributed by atoms with van der Waals surface area (Å²) in [4.78, 5) is 16.9. The predicted molar refractivity (Wildman–Crippen MR) is 146 cm³/mol. The molecule has 0 aliphatic rings. The third-order valence-corrected chi connectivity index (χ3v) is 5.45. The molecule has 2 aromatic carbocycles. The van der Waals surface area contributed by atoms with Gasteiger partial charge < -0.3 is 20.1 Å². The number of benzene rings is 2. The van der Waals surface area contributed by atoms with Crippen LogP contribution in [0.25, 0.3) is 5.69 Å². The minimum Gasteiger partial charge on any atom is -0.456 e. The van der Waals surface area contributed by atoms with Crippen LogP contribution in [0.15, 0.2) is 79.1 Å². The number of rotatable bonds is 9. The molecule has 9 heteroatoms. The Morgan fingerprint density at radius 3 is 2.32 bits per heavy atom. The molecule has 192 valence electrons. The molecule has 0 aliphatic heterocycles. The fourth-order valence-electron chi connectivity index (χ4n) is 3.48. The van der Waals surface area contributed by atoms with Crippen LogP contribution < -0.4 is 20.7 Å². The molecular weight excluding hydrogens is 468 g/mol. The first-order valence-electron chi connectivity index (χ1n) is 12.0. The molecule has 4 rings (SSSR count). The van der Waals surface area contributed by atoms with E-state index in [0.717, 1.165) is 23.6 Å². The zero-order chi connectivity index (χ0) is 26.3. The Morgan fingerprint density at radius 2 is 1.68 bits per heavy atom. The van der Waals surface area contributed by atoms with Crippen LogP contribution in [0.1, 0.15) is 26.5 Å². The first-order valence-corrected chi connectivity index (χ1v) is 12.0. The number of pyridine rings is 1. The third-order valence-electron chi connectivity index (χ3n) is 5.45. The number of ether oxygens (including phenoxy) is 2. The molecule has 2 amide bonds. The number of methoxy groups -OCH3 is 1. The van der Waals surface area contributed by atoms with Gasteiger partial charge in [0, 0.05) is 42.7 Å². The summed E-state index contributed by atoms with van der Waals surface area (Å²) in [6.45, 7) is 7.60. The number of carbonyl (C=O) groups is 1. The fourth-order valence-corrected chi connectivity index (χ4v) is 3.48. The van der Waals surface area contributed by atoms with Gasteiger partial charge in [0.2, 0.25) is 0 Å². The van der Waals surface area contributed by atoms with Gasteiger partial charge in [0.25, 0.3) is 0 Å². The van der Waals surface area contributed by atoms with Crippen molar-refractivity contribution in [1.82, 2.24) is 14.8 Å².